The van der Waals surface area contributed by atoms with Gasteiger partial charge in [0.25, 0.3) is 0 Å². The fraction of sp³-hybridized carbons (Fsp3) is 0.250. The molecule has 0 atom stereocenters. The third kappa shape index (κ3) is 3.76. The van der Waals surface area contributed by atoms with E-state index in [1.807, 2.05) is 6.92 Å². The van der Waals surface area contributed by atoms with Crippen molar-refractivity contribution in [3.63, 3.8) is 0 Å². The maximum absolute atomic E-state index is 3.91. The van der Waals surface area contributed by atoms with Crippen molar-refractivity contribution in [2.75, 3.05) is 0 Å². The normalized spacial score (nSPS) is 11.3. The number of hydrogen-bond donors (Lipinski definition) is 1. The van der Waals surface area contributed by atoms with Gasteiger partial charge in [-0.3, -0.25) is 4.99 Å². The Hall–Kier alpha value is -0.240. The maximum Gasteiger partial charge on any atom is 0.0350 e. The van der Waals surface area contributed by atoms with Crippen LogP contribution in [0, 0.1) is 0 Å². The zero-order valence-electron chi connectivity index (χ0n) is 3.68. The summed E-state index contributed by atoms with van der Waals surface area (Å²) in [5.74, 6) is 0. The summed E-state index contributed by atoms with van der Waals surface area (Å²) in [7, 11) is 0. The Balaban J connectivity index is 3.41. The first-order valence-corrected chi connectivity index (χ1v) is 2.03. The first-order chi connectivity index (χ1) is 2.77. The molecule has 0 saturated heterocycles. The standard InChI is InChI=1S/C4H7NS/c1-4(6)3-5-2/h3,6H,2H2,1H3/b4-3-. The molecule has 2 heteroatoms. The fourth-order valence-corrected chi connectivity index (χ4v) is 0.214. The average molecular weight is 101 g/mol. The van der Waals surface area contributed by atoms with Gasteiger partial charge in [0, 0.05) is 6.20 Å². The summed E-state index contributed by atoms with van der Waals surface area (Å²) in [5.41, 5.74) is 0. The lowest BCUT2D eigenvalue weighted by molar-refractivity contribution is 1.54. The van der Waals surface area contributed by atoms with Crippen LogP contribution in [0.3, 0.4) is 0 Å². The first kappa shape index (κ1) is 5.76. The van der Waals surface area contributed by atoms with Crippen molar-refractivity contribution in [2.45, 2.75) is 6.92 Å². The Labute approximate surface area is 43.2 Å². The van der Waals surface area contributed by atoms with Crippen molar-refractivity contribution >= 4 is 19.3 Å². The third-order valence-electron chi connectivity index (χ3n) is 0.278. The van der Waals surface area contributed by atoms with E-state index in [1.54, 1.807) is 6.20 Å². The number of hydrogen-bond acceptors (Lipinski definition) is 2. The first-order valence-electron chi connectivity index (χ1n) is 1.59. The zero-order chi connectivity index (χ0) is 4.99. The van der Waals surface area contributed by atoms with Crippen LogP contribution in [0.15, 0.2) is 16.1 Å². The molecule has 0 spiro atoms. The second-order valence-electron chi connectivity index (χ2n) is 0.953. The van der Waals surface area contributed by atoms with Crippen molar-refractivity contribution in [2.24, 2.45) is 4.99 Å². The molecule has 0 N–H and O–H groups in total. The van der Waals surface area contributed by atoms with E-state index < -0.39 is 0 Å². The van der Waals surface area contributed by atoms with Gasteiger partial charge >= 0.3 is 0 Å². The molecule has 0 aromatic rings. The summed E-state index contributed by atoms with van der Waals surface area (Å²) in [5, 5.41) is 0. The Morgan fingerprint density at radius 2 is 2.50 bits per heavy atom. The lowest BCUT2D eigenvalue weighted by atomic mass is 10.7. The van der Waals surface area contributed by atoms with E-state index in [2.05, 4.69) is 24.3 Å². The number of allylic oxidation sites excluding steroid dienone is 1. The highest BCUT2D eigenvalue weighted by Crippen LogP contribution is 1.94. The van der Waals surface area contributed by atoms with Crippen LogP contribution >= 0.6 is 12.6 Å². The Morgan fingerprint density at radius 1 is 2.00 bits per heavy atom. The van der Waals surface area contributed by atoms with Crippen LogP contribution in [0.4, 0.5) is 0 Å². The largest absolute Gasteiger partial charge is 0.272 e. The smallest absolute Gasteiger partial charge is 0.0350 e. The van der Waals surface area contributed by atoms with Gasteiger partial charge in [-0.1, -0.05) is 0 Å². The highest BCUT2D eigenvalue weighted by molar-refractivity contribution is 7.84. The topological polar surface area (TPSA) is 12.4 Å². The molecule has 34 valence electrons. The second kappa shape index (κ2) is 2.97. The molecule has 0 radical (unpaired) electrons. The molecule has 0 saturated carbocycles. The van der Waals surface area contributed by atoms with E-state index in [0.29, 0.717) is 0 Å². The van der Waals surface area contributed by atoms with Crippen LogP contribution in [0.5, 0.6) is 0 Å². The molecule has 0 aromatic carbocycles. The predicted molar refractivity (Wildman–Crippen MR) is 32.3 cm³/mol. The van der Waals surface area contributed by atoms with Crippen molar-refractivity contribution in [1.82, 2.24) is 0 Å². The van der Waals surface area contributed by atoms with Crippen LogP contribution in [-0.2, 0) is 0 Å². The summed E-state index contributed by atoms with van der Waals surface area (Å²) in [6.07, 6.45) is 1.59. The van der Waals surface area contributed by atoms with Crippen molar-refractivity contribution < 1.29 is 0 Å². The molecular weight excluding hydrogens is 94.1 g/mol. The predicted octanol–water partition coefficient (Wildman–Crippen LogP) is 1.48. The van der Waals surface area contributed by atoms with Crippen LogP contribution in [0.1, 0.15) is 6.92 Å². The number of nitrogens with zero attached hydrogens (tertiary/aromatic N) is 1. The molecule has 0 aliphatic heterocycles. The van der Waals surface area contributed by atoms with Crippen molar-refractivity contribution in [1.29, 1.82) is 0 Å². The summed E-state index contributed by atoms with van der Waals surface area (Å²) in [6, 6.07) is 0. The fourth-order valence-electron chi connectivity index (χ4n) is 0.132. The lowest BCUT2D eigenvalue weighted by Gasteiger charge is -1.74. The van der Waals surface area contributed by atoms with E-state index in [9.17, 15) is 0 Å². The Bertz CT molecular complexity index is 71.6. The Morgan fingerprint density at radius 3 is 2.50 bits per heavy atom. The van der Waals surface area contributed by atoms with Gasteiger partial charge in [0.1, 0.15) is 0 Å². The average Bonchev–Trinajstić information content (AvgIpc) is 1.35. The summed E-state index contributed by atoms with van der Waals surface area (Å²) in [4.78, 5) is 4.33. The zero-order valence-corrected chi connectivity index (χ0v) is 4.57. The van der Waals surface area contributed by atoms with Crippen LogP contribution in [0.2, 0.25) is 0 Å². The van der Waals surface area contributed by atoms with Gasteiger partial charge in [-0.25, -0.2) is 0 Å². The van der Waals surface area contributed by atoms with Gasteiger partial charge in [-0.05, 0) is 18.5 Å². The highest BCUT2D eigenvalue weighted by atomic mass is 32.1. The molecule has 6 heavy (non-hydrogen) atoms. The molecule has 1 nitrogen and oxygen atoms in total. The molecule has 0 aliphatic carbocycles. The minimum atomic E-state index is 0.880. The van der Waals surface area contributed by atoms with Gasteiger partial charge in [0.15, 0.2) is 0 Å². The van der Waals surface area contributed by atoms with E-state index in [1.165, 1.54) is 0 Å². The third-order valence-corrected chi connectivity index (χ3v) is 0.394. The molecular formula is C4H7NS. The van der Waals surface area contributed by atoms with E-state index in [-0.39, 0.29) is 0 Å². The van der Waals surface area contributed by atoms with E-state index in [0.717, 1.165) is 4.91 Å². The molecule has 0 aliphatic rings. The molecule has 0 fully saturated rings. The minimum Gasteiger partial charge on any atom is -0.272 e. The maximum atomic E-state index is 3.91. The molecule has 0 heterocycles. The summed E-state index contributed by atoms with van der Waals surface area (Å²) >= 11 is 3.91. The lowest BCUT2D eigenvalue weighted by Crippen LogP contribution is -1.50. The molecule has 0 amide bonds. The van der Waals surface area contributed by atoms with Gasteiger partial charge in [0.2, 0.25) is 0 Å². The molecule has 0 bridgehead atoms. The van der Waals surface area contributed by atoms with Crippen LogP contribution < -0.4 is 0 Å². The summed E-state index contributed by atoms with van der Waals surface area (Å²) in [6.45, 7) is 5.07. The SMILES string of the molecule is C=N/C=C(/C)S. The number of rotatable bonds is 1. The molecule has 0 unspecified atom stereocenters. The molecule has 0 rings (SSSR count). The monoisotopic (exact) mass is 101 g/mol. The minimum absolute atomic E-state index is 0.880. The van der Waals surface area contributed by atoms with E-state index in [4.69, 9.17) is 0 Å². The van der Waals surface area contributed by atoms with E-state index >= 15 is 0 Å². The number of aliphatic imine (C=N–C) groups is 1. The molecule has 0 aromatic heterocycles. The van der Waals surface area contributed by atoms with Crippen molar-refractivity contribution in [3.05, 3.63) is 11.1 Å². The Kier molecular flexibility index (Phi) is 2.85. The van der Waals surface area contributed by atoms with Crippen LogP contribution in [0.25, 0.3) is 0 Å². The highest BCUT2D eigenvalue weighted by Gasteiger charge is 1.65. The summed E-state index contributed by atoms with van der Waals surface area (Å²) < 4.78 is 0. The van der Waals surface area contributed by atoms with Gasteiger partial charge in [0.05, 0.1) is 0 Å². The van der Waals surface area contributed by atoms with Crippen LogP contribution in [-0.4, -0.2) is 6.72 Å². The number of thiol groups is 1. The van der Waals surface area contributed by atoms with Gasteiger partial charge in [-0.15, -0.1) is 12.6 Å². The van der Waals surface area contributed by atoms with Crippen molar-refractivity contribution in [3.8, 4) is 0 Å². The quantitative estimate of drug-likeness (QED) is 0.379. The van der Waals surface area contributed by atoms with Gasteiger partial charge < -0.3 is 0 Å². The van der Waals surface area contributed by atoms with Gasteiger partial charge in [-0.2, -0.15) is 0 Å². The second-order valence-corrected chi connectivity index (χ2v) is 1.66.